The molecule has 0 bridgehead atoms. The molecule has 0 spiro atoms. The van der Waals surface area contributed by atoms with E-state index in [-0.39, 0.29) is 0 Å². The first-order valence-corrected chi connectivity index (χ1v) is 5.30. The van der Waals surface area contributed by atoms with Crippen LogP contribution < -0.4 is 0 Å². The lowest BCUT2D eigenvalue weighted by molar-refractivity contribution is 1.52. The Balaban J connectivity index is 2.94. The van der Waals surface area contributed by atoms with Crippen LogP contribution in [0.1, 0.15) is 26.3 Å². The molecule has 0 fully saturated rings. The van der Waals surface area contributed by atoms with Gasteiger partial charge in [0.05, 0.1) is 0 Å². The Morgan fingerprint density at radius 3 is 2.27 bits per heavy atom. The van der Waals surface area contributed by atoms with Gasteiger partial charge in [0.1, 0.15) is 0 Å². The molecule has 0 heteroatoms. The summed E-state index contributed by atoms with van der Waals surface area (Å²) in [5.41, 5.74) is 3.82. The van der Waals surface area contributed by atoms with Gasteiger partial charge in [0.25, 0.3) is 0 Å². The highest BCUT2D eigenvalue weighted by atomic mass is 14.0. The quantitative estimate of drug-likeness (QED) is 0.622. The second-order valence-electron chi connectivity index (χ2n) is 3.48. The predicted octanol–water partition coefficient (Wildman–Crippen LogP) is 4.61. The summed E-state index contributed by atoms with van der Waals surface area (Å²) in [4.78, 5) is 0. The molecule has 0 aromatic heterocycles. The summed E-state index contributed by atoms with van der Waals surface area (Å²) in [6, 6.07) is 10.4. The molecule has 1 rings (SSSR count). The number of allylic oxidation sites excluding steroid dienone is 6. The van der Waals surface area contributed by atoms with E-state index < -0.39 is 0 Å². The molecule has 0 nitrogen and oxygen atoms in total. The molecule has 0 aliphatic carbocycles. The van der Waals surface area contributed by atoms with Crippen LogP contribution in [0.15, 0.2) is 60.2 Å². The van der Waals surface area contributed by atoms with Crippen molar-refractivity contribution in [3.63, 3.8) is 0 Å². The fourth-order valence-corrected chi connectivity index (χ4v) is 1.45. The molecule has 78 valence electrons. The number of hydrogen-bond acceptors (Lipinski definition) is 0. The Kier molecular flexibility index (Phi) is 4.62. The third kappa shape index (κ3) is 3.59. The molecule has 0 radical (unpaired) electrons. The second-order valence-corrected chi connectivity index (χ2v) is 3.48. The van der Waals surface area contributed by atoms with Crippen molar-refractivity contribution in [3.8, 4) is 0 Å². The van der Waals surface area contributed by atoms with E-state index in [9.17, 15) is 0 Å². The maximum atomic E-state index is 2.20. The van der Waals surface area contributed by atoms with E-state index in [0.717, 1.165) is 0 Å². The van der Waals surface area contributed by atoms with E-state index in [1.54, 1.807) is 0 Å². The fourth-order valence-electron chi connectivity index (χ4n) is 1.45. The van der Waals surface area contributed by atoms with Gasteiger partial charge in [0.2, 0.25) is 0 Å². The van der Waals surface area contributed by atoms with Gasteiger partial charge in [-0.1, -0.05) is 54.6 Å². The van der Waals surface area contributed by atoms with Gasteiger partial charge in [-0.2, -0.15) is 0 Å². The van der Waals surface area contributed by atoms with Gasteiger partial charge in [-0.15, -0.1) is 0 Å². The molecular weight excluding hydrogens is 180 g/mol. The minimum atomic E-state index is 1.25. The van der Waals surface area contributed by atoms with Gasteiger partial charge >= 0.3 is 0 Å². The minimum Gasteiger partial charge on any atom is -0.0871 e. The monoisotopic (exact) mass is 198 g/mol. The van der Waals surface area contributed by atoms with Crippen LogP contribution in [0, 0.1) is 0 Å². The van der Waals surface area contributed by atoms with E-state index in [4.69, 9.17) is 0 Å². The highest BCUT2D eigenvalue weighted by Crippen LogP contribution is 2.15. The van der Waals surface area contributed by atoms with Gasteiger partial charge in [-0.25, -0.2) is 0 Å². The highest BCUT2D eigenvalue weighted by molar-refractivity contribution is 5.67. The standard InChI is InChI=1S/C15H18/c1-4-9-14(5-2)12-13(3)15-10-7-6-8-11-15/h4-12H,1-3H3. The first kappa shape index (κ1) is 11.5. The first-order chi connectivity index (χ1) is 7.27. The van der Waals surface area contributed by atoms with E-state index in [1.807, 2.05) is 13.0 Å². The predicted molar refractivity (Wildman–Crippen MR) is 68.7 cm³/mol. The lowest BCUT2D eigenvalue weighted by Crippen LogP contribution is -1.79. The summed E-state index contributed by atoms with van der Waals surface area (Å²) in [5, 5.41) is 0. The molecule has 0 saturated carbocycles. The van der Waals surface area contributed by atoms with Crippen LogP contribution in [0.2, 0.25) is 0 Å². The molecule has 1 aromatic carbocycles. The summed E-state index contributed by atoms with van der Waals surface area (Å²) < 4.78 is 0. The van der Waals surface area contributed by atoms with Gasteiger partial charge in [0, 0.05) is 0 Å². The number of benzene rings is 1. The zero-order valence-electron chi connectivity index (χ0n) is 9.70. The molecule has 15 heavy (non-hydrogen) atoms. The molecular formula is C15H18. The largest absolute Gasteiger partial charge is 0.0871 e. The van der Waals surface area contributed by atoms with Crippen molar-refractivity contribution in [2.24, 2.45) is 0 Å². The van der Waals surface area contributed by atoms with Crippen LogP contribution in [0.4, 0.5) is 0 Å². The molecule has 0 atom stereocenters. The van der Waals surface area contributed by atoms with Crippen molar-refractivity contribution in [1.29, 1.82) is 0 Å². The molecule has 0 unspecified atom stereocenters. The van der Waals surface area contributed by atoms with E-state index >= 15 is 0 Å². The topological polar surface area (TPSA) is 0 Å². The summed E-state index contributed by atoms with van der Waals surface area (Å²) in [6.45, 7) is 6.24. The first-order valence-electron chi connectivity index (χ1n) is 5.30. The molecule has 0 heterocycles. The fraction of sp³-hybridized carbons (Fsp3) is 0.200. The van der Waals surface area contributed by atoms with E-state index in [2.05, 4.69) is 62.4 Å². The third-order valence-corrected chi connectivity index (χ3v) is 2.30. The van der Waals surface area contributed by atoms with Gasteiger partial charge in [-0.3, -0.25) is 0 Å². The maximum absolute atomic E-state index is 2.20. The van der Waals surface area contributed by atoms with Gasteiger partial charge < -0.3 is 0 Å². The summed E-state index contributed by atoms with van der Waals surface area (Å²) >= 11 is 0. The smallest absolute Gasteiger partial charge is 0.0227 e. The Labute approximate surface area is 92.6 Å². The molecule has 0 N–H and O–H groups in total. The SMILES string of the molecule is CC=CC(=CC)C=C(C)c1ccccc1. The third-order valence-electron chi connectivity index (χ3n) is 2.30. The van der Waals surface area contributed by atoms with Crippen molar-refractivity contribution >= 4 is 5.57 Å². The van der Waals surface area contributed by atoms with E-state index in [1.165, 1.54) is 16.7 Å². The zero-order valence-corrected chi connectivity index (χ0v) is 9.70. The van der Waals surface area contributed by atoms with Crippen LogP contribution in [0.25, 0.3) is 5.57 Å². The Hall–Kier alpha value is -1.56. The van der Waals surface area contributed by atoms with Crippen molar-refractivity contribution in [2.45, 2.75) is 20.8 Å². The molecule has 0 aliphatic rings. The summed E-state index contributed by atoms with van der Waals surface area (Å²) in [6.07, 6.45) is 8.50. The van der Waals surface area contributed by atoms with Crippen LogP contribution in [0.3, 0.4) is 0 Å². The molecule has 1 aromatic rings. The van der Waals surface area contributed by atoms with E-state index in [0.29, 0.717) is 0 Å². The van der Waals surface area contributed by atoms with Crippen LogP contribution >= 0.6 is 0 Å². The average Bonchev–Trinajstić information content (AvgIpc) is 2.29. The van der Waals surface area contributed by atoms with Crippen molar-refractivity contribution in [3.05, 3.63) is 65.8 Å². The zero-order chi connectivity index (χ0) is 11.1. The number of rotatable bonds is 3. The van der Waals surface area contributed by atoms with Crippen LogP contribution in [0.5, 0.6) is 0 Å². The Bertz CT molecular complexity index is 378. The molecule has 0 aliphatic heterocycles. The van der Waals surface area contributed by atoms with Crippen molar-refractivity contribution in [1.82, 2.24) is 0 Å². The maximum Gasteiger partial charge on any atom is -0.0227 e. The normalized spacial score (nSPS) is 13.5. The van der Waals surface area contributed by atoms with Gasteiger partial charge in [-0.05, 0) is 37.5 Å². The van der Waals surface area contributed by atoms with Gasteiger partial charge in [0.15, 0.2) is 0 Å². The summed E-state index contributed by atoms with van der Waals surface area (Å²) in [7, 11) is 0. The van der Waals surface area contributed by atoms with Crippen LogP contribution in [-0.4, -0.2) is 0 Å². The molecule has 0 amide bonds. The minimum absolute atomic E-state index is 1.25. The second kappa shape index (κ2) is 6.02. The van der Waals surface area contributed by atoms with Crippen molar-refractivity contribution in [2.75, 3.05) is 0 Å². The lowest BCUT2D eigenvalue weighted by atomic mass is 10.0. The highest BCUT2D eigenvalue weighted by Gasteiger charge is 1.93. The lowest BCUT2D eigenvalue weighted by Gasteiger charge is -2.01. The Morgan fingerprint density at radius 1 is 1.07 bits per heavy atom. The average molecular weight is 198 g/mol. The molecule has 0 saturated heterocycles. The Morgan fingerprint density at radius 2 is 1.73 bits per heavy atom. The summed E-state index contributed by atoms with van der Waals surface area (Å²) in [5.74, 6) is 0. The van der Waals surface area contributed by atoms with Crippen molar-refractivity contribution < 1.29 is 0 Å². The number of hydrogen-bond donors (Lipinski definition) is 0. The van der Waals surface area contributed by atoms with Crippen LogP contribution in [-0.2, 0) is 0 Å².